The molecule has 26 heavy (non-hydrogen) atoms. The Labute approximate surface area is 154 Å². The van der Waals surface area contributed by atoms with E-state index in [9.17, 15) is 22.8 Å². The summed E-state index contributed by atoms with van der Waals surface area (Å²) < 4.78 is 45.4. The molecule has 2 amide bonds. The fourth-order valence-electron chi connectivity index (χ4n) is 3.11. The highest BCUT2D eigenvalue weighted by Gasteiger charge is 2.51. The first-order valence-electron chi connectivity index (χ1n) is 8.27. The first-order chi connectivity index (χ1) is 12.0. The van der Waals surface area contributed by atoms with E-state index < -0.39 is 36.5 Å². The van der Waals surface area contributed by atoms with Gasteiger partial charge in [0.25, 0.3) is 5.91 Å². The van der Waals surface area contributed by atoms with Crippen LogP contribution in [0.4, 0.5) is 13.2 Å². The zero-order chi connectivity index (χ0) is 19.6. The number of halogens is 3. The van der Waals surface area contributed by atoms with Crippen LogP contribution in [0.15, 0.2) is 10.7 Å². The Balaban J connectivity index is 2.15. The van der Waals surface area contributed by atoms with Crippen molar-refractivity contribution in [2.75, 3.05) is 19.3 Å². The number of hydrogen-bond donors (Lipinski definition) is 1. The maximum absolute atomic E-state index is 13.4. The highest BCUT2D eigenvalue weighted by atomic mass is 32.2. The van der Waals surface area contributed by atoms with Crippen LogP contribution in [0.5, 0.6) is 0 Å². The van der Waals surface area contributed by atoms with E-state index in [0.717, 1.165) is 4.90 Å². The maximum Gasteiger partial charge on any atom is 0.395 e. The molecule has 0 aliphatic carbocycles. The van der Waals surface area contributed by atoms with Crippen molar-refractivity contribution in [2.24, 2.45) is 5.92 Å². The Morgan fingerprint density at radius 1 is 1.38 bits per heavy atom. The summed E-state index contributed by atoms with van der Waals surface area (Å²) in [6.07, 6.45) is -1.13. The van der Waals surface area contributed by atoms with Gasteiger partial charge >= 0.3 is 6.18 Å². The predicted octanol–water partition coefficient (Wildman–Crippen LogP) is 3.16. The van der Waals surface area contributed by atoms with Gasteiger partial charge in [0.05, 0.1) is 23.8 Å². The third kappa shape index (κ3) is 4.55. The molecule has 3 atom stereocenters. The second kappa shape index (κ2) is 7.94. The van der Waals surface area contributed by atoms with Gasteiger partial charge in [-0.05, 0) is 20.1 Å². The molecule has 0 spiro atoms. The summed E-state index contributed by atoms with van der Waals surface area (Å²) in [5.41, 5.74) is 0.867. The lowest BCUT2D eigenvalue weighted by atomic mass is 10.0. The van der Waals surface area contributed by atoms with Crippen LogP contribution < -0.4 is 5.32 Å². The van der Waals surface area contributed by atoms with E-state index in [1.807, 2.05) is 13.2 Å². The lowest BCUT2D eigenvalue weighted by Gasteiger charge is -2.22. The molecule has 1 N–H and O–H groups in total. The number of carbonyl (C=O) groups excluding carboxylic acids is 2. The summed E-state index contributed by atoms with van der Waals surface area (Å²) in [6, 6.07) is -1.15. The molecule has 5 nitrogen and oxygen atoms in total. The maximum atomic E-state index is 13.4. The molecule has 1 saturated heterocycles. The number of aryl methyl sites for hydroxylation is 2. The van der Waals surface area contributed by atoms with Crippen LogP contribution in [0.25, 0.3) is 0 Å². The van der Waals surface area contributed by atoms with Gasteiger partial charge in [0, 0.05) is 30.3 Å². The average Bonchev–Trinajstić information content (AvgIpc) is 3.10. The number of thioether (sulfide) groups is 1. The normalized spacial score (nSPS) is 21.7. The van der Waals surface area contributed by atoms with Crippen molar-refractivity contribution < 1.29 is 27.2 Å². The number of hydrogen-bond acceptors (Lipinski definition) is 4. The lowest BCUT2D eigenvalue weighted by Crippen LogP contribution is -2.45. The summed E-state index contributed by atoms with van der Waals surface area (Å²) in [7, 11) is 0. The molecular weight excluding hydrogens is 369 g/mol. The van der Waals surface area contributed by atoms with Crippen molar-refractivity contribution in [1.29, 1.82) is 0 Å². The molecule has 1 aliphatic rings. The summed E-state index contributed by atoms with van der Waals surface area (Å²) in [4.78, 5) is 25.8. The number of furan rings is 1. The lowest BCUT2D eigenvalue weighted by molar-refractivity contribution is -0.175. The smallest absolute Gasteiger partial charge is 0.395 e. The average molecular weight is 392 g/mol. The molecule has 1 aromatic rings. The molecule has 0 aromatic carbocycles. The van der Waals surface area contributed by atoms with E-state index in [1.165, 1.54) is 18.0 Å². The minimum absolute atomic E-state index is 0.00899. The van der Waals surface area contributed by atoms with E-state index >= 15 is 0 Å². The number of nitrogens with one attached hydrogen (secondary N) is 1. The Morgan fingerprint density at radius 3 is 2.54 bits per heavy atom. The van der Waals surface area contributed by atoms with Crippen LogP contribution in [0.3, 0.4) is 0 Å². The number of likely N-dealkylation sites (tertiary alicyclic amines) is 1. The van der Waals surface area contributed by atoms with Gasteiger partial charge in [0.1, 0.15) is 5.76 Å². The summed E-state index contributed by atoms with van der Waals surface area (Å²) >= 11 is 1.47. The van der Waals surface area contributed by atoms with Gasteiger partial charge in [-0.15, -0.1) is 0 Å². The van der Waals surface area contributed by atoms with Gasteiger partial charge in [-0.25, -0.2) is 0 Å². The molecule has 9 heteroatoms. The monoisotopic (exact) mass is 392 g/mol. The Morgan fingerprint density at radius 2 is 2.04 bits per heavy atom. The zero-order valence-electron chi connectivity index (χ0n) is 15.1. The second-order valence-corrected chi connectivity index (χ2v) is 7.91. The fraction of sp³-hybridized carbons (Fsp3) is 0.647. The number of alkyl halides is 3. The number of amides is 2. The van der Waals surface area contributed by atoms with E-state index in [0.29, 0.717) is 11.3 Å². The summed E-state index contributed by atoms with van der Waals surface area (Å²) in [5, 5.41) is 2.48. The molecule has 0 bridgehead atoms. The molecule has 0 saturated carbocycles. The zero-order valence-corrected chi connectivity index (χ0v) is 16.0. The predicted molar refractivity (Wildman–Crippen MR) is 93.2 cm³/mol. The summed E-state index contributed by atoms with van der Waals surface area (Å²) in [5.74, 6) is -2.35. The van der Waals surface area contributed by atoms with E-state index in [1.54, 1.807) is 13.8 Å². The topological polar surface area (TPSA) is 62.6 Å². The fourth-order valence-corrected chi connectivity index (χ4v) is 3.43. The minimum atomic E-state index is -4.50. The largest absolute Gasteiger partial charge is 0.469 e. The van der Waals surface area contributed by atoms with E-state index in [4.69, 9.17) is 4.42 Å². The number of carbonyl (C=O) groups is 2. The van der Waals surface area contributed by atoms with Crippen molar-refractivity contribution in [2.45, 2.75) is 44.7 Å². The molecule has 2 heterocycles. The van der Waals surface area contributed by atoms with E-state index in [-0.39, 0.29) is 23.8 Å². The van der Waals surface area contributed by atoms with Gasteiger partial charge in [0.2, 0.25) is 5.91 Å². The third-order valence-electron chi connectivity index (χ3n) is 4.62. The van der Waals surface area contributed by atoms with Crippen molar-refractivity contribution in [3.05, 3.63) is 23.2 Å². The Kier molecular flexibility index (Phi) is 6.31. The second-order valence-electron chi connectivity index (χ2n) is 6.63. The van der Waals surface area contributed by atoms with Gasteiger partial charge in [0.15, 0.2) is 0 Å². The van der Waals surface area contributed by atoms with Crippen molar-refractivity contribution in [3.63, 3.8) is 0 Å². The Hall–Kier alpha value is -1.64. The van der Waals surface area contributed by atoms with Crippen LogP contribution >= 0.6 is 11.8 Å². The molecule has 1 fully saturated rings. The van der Waals surface area contributed by atoms with Gasteiger partial charge in [-0.2, -0.15) is 24.9 Å². The molecule has 1 unspecified atom stereocenters. The summed E-state index contributed by atoms with van der Waals surface area (Å²) in [6.45, 7) is 4.45. The minimum Gasteiger partial charge on any atom is -0.469 e. The number of nitrogens with zero attached hydrogens (tertiary/aromatic N) is 1. The quantitative estimate of drug-likeness (QED) is 0.836. The van der Waals surface area contributed by atoms with Crippen LogP contribution in [-0.2, 0) is 4.79 Å². The highest BCUT2D eigenvalue weighted by molar-refractivity contribution is 7.99. The standard InChI is InChI=1S/C17H23F3N2O3S/c1-9-8-25-11(3)15(9)16(24)22-6-12(17(18,19)20)13(7-22)21-14(23)5-10(2)26-4/h8,10,12-13H,5-7H2,1-4H3,(H,21,23)/t10?,12-,13-/m1/s1. The SMILES string of the molecule is CSC(C)CC(=O)N[C@@H]1CN(C(=O)c2c(C)coc2C)C[C@H]1C(F)(F)F. The highest BCUT2D eigenvalue weighted by Crippen LogP contribution is 2.35. The molecule has 2 rings (SSSR count). The molecule has 0 radical (unpaired) electrons. The van der Waals surface area contributed by atoms with Gasteiger partial charge < -0.3 is 14.6 Å². The number of rotatable bonds is 5. The van der Waals surface area contributed by atoms with Gasteiger partial charge in [-0.3, -0.25) is 9.59 Å². The first-order valence-corrected chi connectivity index (χ1v) is 9.56. The van der Waals surface area contributed by atoms with Crippen LogP contribution in [0.1, 0.15) is 35.0 Å². The van der Waals surface area contributed by atoms with Crippen molar-refractivity contribution in [1.82, 2.24) is 10.2 Å². The first kappa shape index (κ1) is 20.7. The molecular formula is C17H23F3N2O3S. The van der Waals surface area contributed by atoms with Crippen LogP contribution in [-0.4, -0.2) is 53.5 Å². The van der Waals surface area contributed by atoms with Crippen LogP contribution in [0, 0.1) is 19.8 Å². The van der Waals surface area contributed by atoms with E-state index in [2.05, 4.69) is 5.32 Å². The van der Waals surface area contributed by atoms with Crippen LogP contribution in [0.2, 0.25) is 0 Å². The molecule has 1 aromatic heterocycles. The Bertz CT molecular complexity index is 655. The molecule has 146 valence electrons. The van der Waals surface area contributed by atoms with Crippen molar-refractivity contribution >= 4 is 23.6 Å². The third-order valence-corrected chi connectivity index (χ3v) is 5.59. The van der Waals surface area contributed by atoms with Crippen molar-refractivity contribution in [3.8, 4) is 0 Å². The molecule has 1 aliphatic heterocycles. The van der Waals surface area contributed by atoms with Gasteiger partial charge in [-0.1, -0.05) is 6.92 Å².